The molecule has 56 valence electrons. The highest BCUT2D eigenvalue weighted by Gasteiger charge is 2.00. The first-order valence-corrected chi connectivity index (χ1v) is 4.09. The second-order valence-electron chi connectivity index (χ2n) is 2.04. The number of H-pyrrole nitrogens is 1. The summed E-state index contributed by atoms with van der Waals surface area (Å²) in [5.41, 5.74) is 1.51. The average molecular weight is 232 g/mol. The molecule has 0 saturated carbocycles. The summed E-state index contributed by atoms with van der Waals surface area (Å²) < 4.78 is 0.856. The summed E-state index contributed by atoms with van der Waals surface area (Å²) >= 11 is 8.89. The van der Waals surface area contributed by atoms with Crippen LogP contribution in [0.5, 0.6) is 0 Å². The summed E-state index contributed by atoms with van der Waals surface area (Å²) in [6.07, 6.45) is 1.52. The van der Waals surface area contributed by atoms with Crippen LogP contribution in [0, 0.1) is 0 Å². The maximum Gasteiger partial charge on any atom is 0.158 e. The summed E-state index contributed by atoms with van der Waals surface area (Å²) in [7, 11) is 0. The Hall–Kier alpha value is -0.610. The molecule has 3 nitrogen and oxygen atoms in total. The van der Waals surface area contributed by atoms with Gasteiger partial charge in [0.1, 0.15) is 10.7 Å². The maximum atomic E-state index is 5.62. The van der Waals surface area contributed by atoms with Crippen LogP contribution < -0.4 is 0 Å². The molecule has 0 unspecified atom stereocenters. The molecule has 0 radical (unpaired) electrons. The van der Waals surface area contributed by atoms with Crippen LogP contribution in [-0.4, -0.2) is 15.0 Å². The number of aromatic amines is 1. The highest BCUT2D eigenvalue weighted by molar-refractivity contribution is 9.10. The summed E-state index contributed by atoms with van der Waals surface area (Å²) in [5, 5.41) is 0.395. The Balaban J connectivity index is 2.82. The molecule has 2 aromatic heterocycles. The van der Waals surface area contributed by atoms with Gasteiger partial charge in [-0.15, -0.1) is 0 Å². The van der Waals surface area contributed by atoms with Gasteiger partial charge < -0.3 is 4.98 Å². The molecule has 0 aromatic carbocycles. The van der Waals surface area contributed by atoms with Gasteiger partial charge in [-0.05, 0) is 22.0 Å². The fourth-order valence-electron chi connectivity index (χ4n) is 0.844. The zero-order valence-corrected chi connectivity index (χ0v) is 7.65. The van der Waals surface area contributed by atoms with Gasteiger partial charge >= 0.3 is 0 Å². The highest BCUT2D eigenvalue weighted by Crippen LogP contribution is 2.16. The van der Waals surface area contributed by atoms with E-state index in [4.69, 9.17) is 11.6 Å². The van der Waals surface area contributed by atoms with E-state index in [0.29, 0.717) is 10.8 Å². The minimum absolute atomic E-state index is 0.395. The molecule has 0 amide bonds. The lowest BCUT2D eigenvalue weighted by Crippen LogP contribution is -1.79. The van der Waals surface area contributed by atoms with Gasteiger partial charge in [-0.3, -0.25) is 0 Å². The molecule has 5 heteroatoms. The third-order valence-corrected chi connectivity index (χ3v) is 1.88. The first-order valence-electron chi connectivity index (χ1n) is 2.92. The molecule has 0 spiro atoms. The van der Waals surface area contributed by atoms with Crippen molar-refractivity contribution in [1.82, 2.24) is 15.0 Å². The van der Waals surface area contributed by atoms with Crippen molar-refractivity contribution in [3.8, 4) is 0 Å². The Kier molecular flexibility index (Phi) is 1.58. The van der Waals surface area contributed by atoms with E-state index in [2.05, 4.69) is 30.9 Å². The normalized spacial score (nSPS) is 10.7. The number of hydrogen-bond donors (Lipinski definition) is 1. The monoisotopic (exact) mass is 231 g/mol. The fourth-order valence-corrected chi connectivity index (χ4v) is 1.38. The summed E-state index contributed by atoms with van der Waals surface area (Å²) in [4.78, 5) is 11.0. The second kappa shape index (κ2) is 2.46. The van der Waals surface area contributed by atoms with Crippen molar-refractivity contribution >= 4 is 38.7 Å². The fraction of sp³-hybridized carbons (Fsp3) is 0. The van der Waals surface area contributed by atoms with E-state index in [9.17, 15) is 0 Å². The second-order valence-corrected chi connectivity index (χ2v) is 3.29. The van der Waals surface area contributed by atoms with E-state index in [1.165, 1.54) is 6.20 Å². The van der Waals surface area contributed by atoms with Gasteiger partial charge in [0.05, 0.1) is 10.8 Å². The first kappa shape index (κ1) is 7.06. The van der Waals surface area contributed by atoms with Crippen molar-refractivity contribution < 1.29 is 0 Å². The minimum atomic E-state index is 0.395. The number of hydrogen-bond acceptors (Lipinski definition) is 2. The first-order chi connectivity index (χ1) is 5.25. The molecule has 0 aliphatic rings. The van der Waals surface area contributed by atoms with Crippen LogP contribution in [0.2, 0.25) is 5.15 Å². The molecule has 1 N–H and O–H groups in total. The third kappa shape index (κ3) is 1.23. The van der Waals surface area contributed by atoms with Gasteiger partial charge in [-0.2, -0.15) is 0 Å². The molecule has 2 heterocycles. The number of aromatic nitrogens is 3. The van der Waals surface area contributed by atoms with Crippen LogP contribution in [0.4, 0.5) is 0 Å². The van der Waals surface area contributed by atoms with E-state index < -0.39 is 0 Å². The largest absolute Gasteiger partial charge is 0.333 e. The molecular weight excluding hydrogens is 229 g/mol. The minimum Gasteiger partial charge on any atom is -0.333 e. The molecule has 0 bridgehead atoms. The van der Waals surface area contributed by atoms with E-state index in [0.717, 1.165) is 10.1 Å². The third-order valence-electron chi connectivity index (χ3n) is 1.27. The quantitative estimate of drug-likeness (QED) is 0.758. The molecule has 0 fully saturated rings. The van der Waals surface area contributed by atoms with E-state index >= 15 is 0 Å². The van der Waals surface area contributed by atoms with Gasteiger partial charge in [0.15, 0.2) is 5.65 Å². The van der Waals surface area contributed by atoms with Crippen LogP contribution in [0.1, 0.15) is 0 Å². The Morgan fingerprint density at radius 2 is 2.36 bits per heavy atom. The predicted octanol–water partition coefficient (Wildman–Crippen LogP) is 2.37. The molecule has 0 aliphatic carbocycles. The van der Waals surface area contributed by atoms with Gasteiger partial charge in [-0.25, -0.2) is 9.97 Å². The van der Waals surface area contributed by atoms with Gasteiger partial charge in [0.25, 0.3) is 0 Å². The zero-order chi connectivity index (χ0) is 7.84. The Morgan fingerprint density at radius 3 is 3.18 bits per heavy atom. The summed E-state index contributed by atoms with van der Waals surface area (Å²) in [6, 6.07) is 1.85. The van der Waals surface area contributed by atoms with Crippen LogP contribution in [0.3, 0.4) is 0 Å². The number of nitrogens with one attached hydrogen (secondary N) is 1. The maximum absolute atomic E-state index is 5.62. The van der Waals surface area contributed by atoms with E-state index in [1.807, 2.05) is 6.07 Å². The molecule has 11 heavy (non-hydrogen) atoms. The topological polar surface area (TPSA) is 41.6 Å². The number of halogens is 2. The van der Waals surface area contributed by atoms with Gasteiger partial charge in [-0.1, -0.05) is 11.6 Å². The Labute approximate surface area is 75.9 Å². The van der Waals surface area contributed by atoms with Crippen molar-refractivity contribution in [2.75, 3.05) is 0 Å². The molecule has 0 atom stereocenters. The number of fused-ring (bicyclic) bond motifs is 1. The molecule has 0 aliphatic heterocycles. The average Bonchev–Trinajstić information content (AvgIpc) is 2.27. The van der Waals surface area contributed by atoms with Crippen molar-refractivity contribution in [2.24, 2.45) is 0 Å². The van der Waals surface area contributed by atoms with Crippen molar-refractivity contribution in [3.63, 3.8) is 0 Å². The van der Waals surface area contributed by atoms with Crippen molar-refractivity contribution in [1.29, 1.82) is 0 Å². The van der Waals surface area contributed by atoms with Crippen LogP contribution >= 0.6 is 27.5 Å². The van der Waals surface area contributed by atoms with Crippen LogP contribution in [0.25, 0.3) is 11.2 Å². The van der Waals surface area contributed by atoms with E-state index in [-0.39, 0.29) is 0 Å². The van der Waals surface area contributed by atoms with Crippen molar-refractivity contribution in [2.45, 2.75) is 0 Å². The molecular formula is C6H3BrClN3. The smallest absolute Gasteiger partial charge is 0.158 e. The molecule has 0 saturated heterocycles. The Morgan fingerprint density at radius 1 is 1.55 bits per heavy atom. The Bertz CT molecular complexity index is 398. The predicted molar refractivity (Wildman–Crippen MR) is 46.6 cm³/mol. The van der Waals surface area contributed by atoms with Gasteiger partial charge in [0, 0.05) is 0 Å². The number of rotatable bonds is 0. The van der Waals surface area contributed by atoms with E-state index in [1.54, 1.807) is 0 Å². The van der Waals surface area contributed by atoms with Crippen LogP contribution in [-0.2, 0) is 0 Å². The standard InChI is InChI=1S/C6H3BrClN3/c7-4-1-3-6(10-4)11-5(8)2-9-3/h1-2H,(H,10,11). The lowest BCUT2D eigenvalue weighted by molar-refractivity contribution is 1.25. The van der Waals surface area contributed by atoms with Gasteiger partial charge in [0.2, 0.25) is 0 Å². The van der Waals surface area contributed by atoms with Crippen LogP contribution in [0.15, 0.2) is 16.9 Å². The SMILES string of the molecule is Clc1cnc2cc(Br)[nH]c2n1. The lowest BCUT2D eigenvalue weighted by Gasteiger charge is -1.87. The van der Waals surface area contributed by atoms with Crippen molar-refractivity contribution in [3.05, 3.63) is 22.0 Å². The lowest BCUT2D eigenvalue weighted by atomic mass is 10.5. The zero-order valence-electron chi connectivity index (χ0n) is 5.31. The number of nitrogens with zero attached hydrogens (tertiary/aromatic N) is 2. The molecule has 2 aromatic rings. The summed E-state index contributed by atoms with van der Waals surface area (Å²) in [5.74, 6) is 0. The molecule has 2 rings (SSSR count). The summed E-state index contributed by atoms with van der Waals surface area (Å²) in [6.45, 7) is 0. The highest BCUT2D eigenvalue weighted by atomic mass is 79.9.